The molecule has 0 radical (unpaired) electrons. The molecule has 7 heteroatoms. The van der Waals surface area contributed by atoms with Gasteiger partial charge in [-0.1, -0.05) is 12.1 Å². The normalized spacial score (nSPS) is 11.7. The smallest absolute Gasteiger partial charge is 0.242 e. The number of aryl methyl sites for hydroxylation is 1. The molecule has 0 aliphatic heterocycles. The molecule has 0 bridgehead atoms. The molecule has 1 aromatic carbocycles. The summed E-state index contributed by atoms with van der Waals surface area (Å²) >= 11 is 0. The van der Waals surface area contributed by atoms with Gasteiger partial charge in [0.05, 0.1) is 6.04 Å². The number of tetrazole rings is 1. The molecule has 1 aromatic heterocycles. The molecule has 0 fully saturated rings. The van der Waals surface area contributed by atoms with Crippen LogP contribution in [-0.4, -0.2) is 32.2 Å². The summed E-state index contributed by atoms with van der Waals surface area (Å²) in [5, 5.41) is 14.0. The van der Waals surface area contributed by atoms with Gasteiger partial charge in [-0.3, -0.25) is 4.79 Å². The molecule has 0 saturated heterocycles. The molecular formula is C13H14N6O. The number of terminal acetylenes is 1. The van der Waals surface area contributed by atoms with Crippen molar-refractivity contribution in [3.8, 4) is 23.7 Å². The van der Waals surface area contributed by atoms with E-state index in [0.717, 1.165) is 5.56 Å². The average molecular weight is 270 g/mol. The molecule has 2 aromatic rings. The third-order valence-corrected chi connectivity index (χ3v) is 2.68. The molecule has 1 atom stereocenters. The maximum absolute atomic E-state index is 11.8. The highest BCUT2D eigenvalue weighted by atomic mass is 16.2. The molecule has 0 saturated carbocycles. The van der Waals surface area contributed by atoms with E-state index in [1.807, 2.05) is 6.07 Å². The van der Waals surface area contributed by atoms with Crippen molar-refractivity contribution >= 4 is 11.6 Å². The van der Waals surface area contributed by atoms with Gasteiger partial charge in [0.1, 0.15) is 0 Å². The first-order chi connectivity index (χ1) is 9.61. The van der Waals surface area contributed by atoms with E-state index in [2.05, 4.69) is 26.8 Å². The van der Waals surface area contributed by atoms with Crippen molar-refractivity contribution in [2.45, 2.75) is 12.5 Å². The van der Waals surface area contributed by atoms with Crippen molar-refractivity contribution in [3.05, 3.63) is 24.3 Å². The number of benzene rings is 1. The highest BCUT2D eigenvalue weighted by Gasteiger charge is 2.13. The molecule has 102 valence electrons. The fourth-order valence-corrected chi connectivity index (χ4v) is 1.66. The number of hydrogen-bond donors (Lipinski definition) is 2. The zero-order valence-corrected chi connectivity index (χ0v) is 10.9. The lowest BCUT2D eigenvalue weighted by Gasteiger charge is -2.10. The van der Waals surface area contributed by atoms with E-state index < -0.39 is 6.04 Å². The summed E-state index contributed by atoms with van der Waals surface area (Å²) in [4.78, 5) is 11.8. The Morgan fingerprint density at radius 2 is 2.40 bits per heavy atom. The number of aromatic nitrogens is 4. The monoisotopic (exact) mass is 270 g/mol. The first-order valence-electron chi connectivity index (χ1n) is 5.94. The summed E-state index contributed by atoms with van der Waals surface area (Å²) < 4.78 is 1.55. The fraction of sp³-hybridized carbons (Fsp3) is 0.231. The minimum absolute atomic E-state index is 0.193. The Hall–Kier alpha value is -2.72. The van der Waals surface area contributed by atoms with Gasteiger partial charge in [-0.25, -0.2) is 4.68 Å². The molecular weight excluding hydrogens is 256 g/mol. The van der Waals surface area contributed by atoms with Crippen LogP contribution in [0, 0.1) is 12.3 Å². The van der Waals surface area contributed by atoms with Gasteiger partial charge >= 0.3 is 0 Å². The van der Waals surface area contributed by atoms with Crippen LogP contribution in [0.4, 0.5) is 5.69 Å². The third kappa shape index (κ3) is 2.99. The van der Waals surface area contributed by atoms with Gasteiger partial charge in [-0.05, 0) is 22.6 Å². The van der Waals surface area contributed by atoms with Crippen LogP contribution in [0.25, 0.3) is 11.4 Å². The van der Waals surface area contributed by atoms with E-state index in [1.54, 1.807) is 29.9 Å². The predicted molar refractivity (Wildman–Crippen MR) is 74.3 cm³/mol. The van der Waals surface area contributed by atoms with Crippen LogP contribution in [0.2, 0.25) is 0 Å². The van der Waals surface area contributed by atoms with Gasteiger partial charge in [-0.2, -0.15) is 0 Å². The van der Waals surface area contributed by atoms with Crippen molar-refractivity contribution in [2.24, 2.45) is 12.8 Å². The number of rotatable bonds is 4. The minimum atomic E-state index is -0.722. The van der Waals surface area contributed by atoms with Crippen LogP contribution in [-0.2, 0) is 11.8 Å². The van der Waals surface area contributed by atoms with Crippen molar-refractivity contribution in [2.75, 3.05) is 5.32 Å². The fourth-order valence-electron chi connectivity index (χ4n) is 1.66. The standard InChI is InChI=1S/C13H14N6O/c1-3-5-11(14)13(20)15-10-7-4-6-9(8-10)12-16-17-18-19(12)2/h1,4,6-8,11H,5,14H2,2H3,(H,15,20). The molecule has 3 N–H and O–H groups in total. The molecule has 0 aliphatic rings. The van der Waals surface area contributed by atoms with Gasteiger partial charge in [0.2, 0.25) is 5.91 Å². The second-order valence-corrected chi connectivity index (χ2v) is 4.21. The Morgan fingerprint density at radius 1 is 1.60 bits per heavy atom. The number of nitrogens with two attached hydrogens (primary N) is 1. The van der Waals surface area contributed by atoms with Gasteiger partial charge < -0.3 is 11.1 Å². The van der Waals surface area contributed by atoms with Crippen LogP contribution in [0.5, 0.6) is 0 Å². The van der Waals surface area contributed by atoms with E-state index in [9.17, 15) is 4.79 Å². The first-order valence-corrected chi connectivity index (χ1v) is 5.94. The second kappa shape index (κ2) is 5.95. The molecule has 1 unspecified atom stereocenters. The van der Waals surface area contributed by atoms with Crippen LogP contribution >= 0.6 is 0 Å². The zero-order valence-electron chi connectivity index (χ0n) is 10.9. The summed E-state index contributed by atoms with van der Waals surface area (Å²) in [6.45, 7) is 0. The van der Waals surface area contributed by atoms with Gasteiger partial charge in [0, 0.05) is 24.7 Å². The Bertz CT molecular complexity index is 657. The summed E-state index contributed by atoms with van der Waals surface area (Å²) in [6, 6.07) is 6.45. The summed E-state index contributed by atoms with van der Waals surface area (Å²) in [5.74, 6) is 2.64. The van der Waals surface area contributed by atoms with Gasteiger partial charge in [-0.15, -0.1) is 17.4 Å². The van der Waals surface area contributed by atoms with Crippen molar-refractivity contribution in [1.29, 1.82) is 0 Å². The lowest BCUT2D eigenvalue weighted by Crippen LogP contribution is -2.35. The number of carbonyl (C=O) groups is 1. The molecule has 1 amide bonds. The summed E-state index contributed by atoms with van der Waals surface area (Å²) in [7, 11) is 1.74. The molecule has 0 spiro atoms. The lowest BCUT2D eigenvalue weighted by atomic mass is 10.1. The highest BCUT2D eigenvalue weighted by Crippen LogP contribution is 2.19. The zero-order chi connectivity index (χ0) is 14.5. The molecule has 7 nitrogen and oxygen atoms in total. The average Bonchev–Trinajstić information content (AvgIpc) is 2.85. The van der Waals surface area contributed by atoms with Gasteiger partial charge in [0.15, 0.2) is 5.82 Å². The largest absolute Gasteiger partial charge is 0.325 e. The van der Waals surface area contributed by atoms with E-state index in [4.69, 9.17) is 12.2 Å². The number of nitrogens with zero attached hydrogens (tertiary/aromatic N) is 4. The van der Waals surface area contributed by atoms with E-state index in [-0.39, 0.29) is 12.3 Å². The van der Waals surface area contributed by atoms with Crippen LogP contribution in [0.15, 0.2) is 24.3 Å². The quantitative estimate of drug-likeness (QED) is 0.771. The van der Waals surface area contributed by atoms with Crippen LogP contribution in [0.3, 0.4) is 0 Å². The number of hydrogen-bond acceptors (Lipinski definition) is 5. The van der Waals surface area contributed by atoms with Crippen molar-refractivity contribution in [1.82, 2.24) is 20.2 Å². The molecule has 2 rings (SSSR count). The predicted octanol–water partition coefficient (Wildman–Crippen LogP) is 0.166. The number of carbonyl (C=O) groups excluding carboxylic acids is 1. The van der Waals surface area contributed by atoms with Crippen molar-refractivity contribution in [3.63, 3.8) is 0 Å². The van der Waals surface area contributed by atoms with E-state index in [1.165, 1.54) is 0 Å². The SMILES string of the molecule is C#CCC(N)C(=O)Nc1cccc(-c2nnnn2C)c1. The maximum atomic E-state index is 11.8. The number of amides is 1. The topological polar surface area (TPSA) is 98.7 Å². The molecule has 1 heterocycles. The Morgan fingerprint density at radius 3 is 3.05 bits per heavy atom. The summed E-state index contributed by atoms with van der Waals surface area (Å²) in [5.41, 5.74) is 7.05. The van der Waals surface area contributed by atoms with Crippen LogP contribution < -0.4 is 11.1 Å². The molecule has 0 aliphatic carbocycles. The van der Waals surface area contributed by atoms with Crippen molar-refractivity contribution < 1.29 is 4.79 Å². The third-order valence-electron chi connectivity index (χ3n) is 2.68. The number of nitrogens with one attached hydrogen (secondary N) is 1. The maximum Gasteiger partial charge on any atom is 0.242 e. The van der Waals surface area contributed by atoms with E-state index in [0.29, 0.717) is 11.5 Å². The summed E-state index contributed by atoms with van der Waals surface area (Å²) in [6.07, 6.45) is 5.32. The molecule has 20 heavy (non-hydrogen) atoms. The van der Waals surface area contributed by atoms with E-state index >= 15 is 0 Å². The second-order valence-electron chi connectivity index (χ2n) is 4.21. The Balaban J connectivity index is 2.17. The highest BCUT2D eigenvalue weighted by molar-refractivity contribution is 5.95. The van der Waals surface area contributed by atoms with Crippen LogP contribution in [0.1, 0.15) is 6.42 Å². The first kappa shape index (κ1) is 13.7. The Kier molecular flexibility index (Phi) is 4.08. The number of anilines is 1. The minimum Gasteiger partial charge on any atom is -0.325 e. The van der Waals surface area contributed by atoms with Gasteiger partial charge in [0.25, 0.3) is 0 Å². The Labute approximate surface area is 116 Å². The lowest BCUT2D eigenvalue weighted by molar-refractivity contribution is -0.117.